The van der Waals surface area contributed by atoms with Crippen LogP contribution >= 0.6 is 0 Å². The van der Waals surface area contributed by atoms with Crippen LogP contribution in [0.2, 0.25) is 0 Å². The highest BCUT2D eigenvalue weighted by atomic mass is 16.5. The van der Waals surface area contributed by atoms with Crippen LogP contribution < -0.4 is 5.73 Å². The van der Waals surface area contributed by atoms with E-state index in [0.29, 0.717) is 6.10 Å². The van der Waals surface area contributed by atoms with Gasteiger partial charge < -0.3 is 10.5 Å². The van der Waals surface area contributed by atoms with Gasteiger partial charge in [-0.1, -0.05) is 18.2 Å². The number of rotatable bonds is 6. The average Bonchev–Trinajstić information content (AvgIpc) is 2.31. The van der Waals surface area contributed by atoms with Crippen molar-refractivity contribution in [2.24, 2.45) is 5.73 Å². The minimum atomic E-state index is 0.231. The summed E-state index contributed by atoms with van der Waals surface area (Å²) in [6, 6.07) is 6.83. The highest BCUT2D eigenvalue weighted by molar-refractivity contribution is 5.30. The molecular weight excluding hydrogens is 210 g/mol. The predicted octanol–water partition coefficient (Wildman–Crippen LogP) is 2.99. The van der Waals surface area contributed by atoms with Crippen LogP contribution in [0.4, 0.5) is 0 Å². The molecule has 2 heteroatoms. The predicted molar refractivity (Wildman–Crippen MR) is 73.3 cm³/mol. The summed E-state index contributed by atoms with van der Waals surface area (Å²) in [6.07, 6.45) is 3.31. The van der Waals surface area contributed by atoms with Crippen LogP contribution in [0.15, 0.2) is 18.2 Å². The van der Waals surface area contributed by atoms with Crippen molar-refractivity contribution in [1.29, 1.82) is 0 Å². The van der Waals surface area contributed by atoms with E-state index >= 15 is 0 Å². The molecule has 1 aromatic rings. The Labute approximate surface area is 105 Å². The van der Waals surface area contributed by atoms with Gasteiger partial charge in [0, 0.05) is 13.2 Å². The van der Waals surface area contributed by atoms with Gasteiger partial charge in [-0.2, -0.15) is 0 Å². The fourth-order valence-electron chi connectivity index (χ4n) is 1.90. The summed E-state index contributed by atoms with van der Waals surface area (Å²) < 4.78 is 5.23. The summed E-state index contributed by atoms with van der Waals surface area (Å²) >= 11 is 0. The molecule has 0 heterocycles. The zero-order valence-corrected chi connectivity index (χ0v) is 11.5. The molecule has 0 bridgehead atoms. The molecule has 2 atom stereocenters. The maximum atomic E-state index is 6.14. The Morgan fingerprint density at radius 1 is 1.18 bits per heavy atom. The summed E-state index contributed by atoms with van der Waals surface area (Å²) in [5.74, 6) is 0. The van der Waals surface area contributed by atoms with Gasteiger partial charge >= 0.3 is 0 Å². The van der Waals surface area contributed by atoms with Crippen LogP contribution in [0.25, 0.3) is 0 Å². The average molecular weight is 235 g/mol. The third-order valence-corrected chi connectivity index (χ3v) is 3.42. The molecule has 0 aliphatic heterocycles. The number of benzene rings is 1. The van der Waals surface area contributed by atoms with Crippen LogP contribution in [0.3, 0.4) is 0 Å². The van der Waals surface area contributed by atoms with Gasteiger partial charge in [0.05, 0.1) is 6.10 Å². The number of methoxy groups -OCH3 is 1. The molecule has 0 fully saturated rings. The summed E-state index contributed by atoms with van der Waals surface area (Å²) in [5.41, 5.74) is 10.2. The molecule has 0 aliphatic rings. The normalized spacial score (nSPS) is 14.6. The van der Waals surface area contributed by atoms with Crippen molar-refractivity contribution < 1.29 is 4.74 Å². The Morgan fingerprint density at radius 3 is 2.47 bits per heavy atom. The molecule has 96 valence electrons. The zero-order valence-electron chi connectivity index (χ0n) is 11.5. The number of aryl methyl sites for hydroxylation is 2. The number of nitrogens with two attached hydrogens (primary N) is 1. The minimum Gasteiger partial charge on any atom is -0.382 e. The molecule has 2 nitrogen and oxygen atoms in total. The fourth-order valence-corrected chi connectivity index (χ4v) is 1.90. The lowest BCUT2D eigenvalue weighted by atomic mass is 9.98. The second kappa shape index (κ2) is 6.77. The molecule has 17 heavy (non-hydrogen) atoms. The highest BCUT2D eigenvalue weighted by Gasteiger charge is 2.07. The number of ether oxygens (including phenoxy) is 1. The topological polar surface area (TPSA) is 35.2 Å². The van der Waals surface area contributed by atoms with Gasteiger partial charge in [-0.25, -0.2) is 0 Å². The fraction of sp³-hybridized carbons (Fsp3) is 0.600. The smallest absolute Gasteiger partial charge is 0.0543 e. The van der Waals surface area contributed by atoms with E-state index < -0.39 is 0 Å². The van der Waals surface area contributed by atoms with E-state index in [4.69, 9.17) is 10.5 Å². The Kier molecular flexibility index (Phi) is 5.66. The lowest BCUT2D eigenvalue weighted by Gasteiger charge is -2.15. The van der Waals surface area contributed by atoms with Gasteiger partial charge in [-0.15, -0.1) is 0 Å². The number of hydrogen-bond acceptors (Lipinski definition) is 2. The Hall–Kier alpha value is -0.860. The van der Waals surface area contributed by atoms with Crippen molar-refractivity contribution in [3.8, 4) is 0 Å². The quantitative estimate of drug-likeness (QED) is 0.822. The molecule has 0 aromatic heterocycles. The molecule has 0 amide bonds. The Balaban J connectivity index is 2.44. The molecule has 0 saturated carbocycles. The van der Waals surface area contributed by atoms with Crippen LogP contribution in [-0.4, -0.2) is 19.3 Å². The summed E-state index contributed by atoms with van der Waals surface area (Å²) in [6.45, 7) is 6.37. The van der Waals surface area contributed by atoms with Crippen LogP contribution in [0.5, 0.6) is 0 Å². The van der Waals surface area contributed by atoms with E-state index in [0.717, 1.165) is 19.3 Å². The van der Waals surface area contributed by atoms with Crippen molar-refractivity contribution in [2.45, 2.75) is 52.2 Å². The van der Waals surface area contributed by atoms with Gasteiger partial charge in [0.25, 0.3) is 0 Å². The van der Waals surface area contributed by atoms with Crippen LogP contribution in [0, 0.1) is 13.8 Å². The second-order valence-electron chi connectivity index (χ2n) is 5.01. The van der Waals surface area contributed by atoms with E-state index in [9.17, 15) is 0 Å². The first kappa shape index (κ1) is 14.2. The third-order valence-electron chi connectivity index (χ3n) is 3.42. The molecule has 0 saturated heterocycles. The molecule has 0 radical (unpaired) electrons. The molecule has 2 N–H and O–H groups in total. The van der Waals surface area contributed by atoms with Gasteiger partial charge in [-0.05, 0) is 56.7 Å². The first-order valence-corrected chi connectivity index (χ1v) is 6.37. The Bertz CT molecular complexity index is 349. The largest absolute Gasteiger partial charge is 0.382 e. The van der Waals surface area contributed by atoms with E-state index in [1.54, 1.807) is 7.11 Å². The Morgan fingerprint density at radius 2 is 1.88 bits per heavy atom. The van der Waals surface area contributed by atoms with Gasteiger partial charge in [-0.3, -0.25) is 0 Å². The van der Waals surface area contributed by atoms with E-state index in [1.165, 1.54) is 16.7 Å². The van der Waals surface area contributed by atoms with E-state index in [-0.39, 0.29) is 6.04 Å². The maximum absolute atomic E-state index is 6.14. The van der Waals surface area contributed by atoms with Gasteiger partial charge in [0.2, 0.25) is 0 Å². The molecule has 1 rings (SSSR count). The van der Waals surface area contributed by atoms with E-state index in [2.05, 4.69) is 39.0 Å². The molecule has 1 aromatic carbocycles. The molecule has 0 spiro atoms. The molecule has 2 unspecified atom stereocenters. The summed E-state index contributed by atoms with van der Waals surface area (Å²) in [5, 5.41) is 0. The summed E-state index contributed by atoms with van der Waals surface area (Å²) in [4.78, 5) is 0. The zero-order chi connectivity index (χ0) is 12.8. The van der Waals surface area contributed by atoms with Crippen LogP contribution in [0.1, 0.15) is 36.5 Å². The SMILES string of the molecule is COC(C)CCC(N)Cc1ccc(C)c(C)c1. The van der Waals surface area contributed by atoms with Gasteiger partial charge in [0.15, 0.2) is 0 Å². The van der Waals surface area contributed by atoms with E-state index in [1.807, 2.05) is 0 Å². The summed E-state index contributed by atoms with van der Waals surface area (Å²) in [7, 11) is 1.75. The number of hydrogen-bond donors (Lipinski definition) is 1. The highest BCUT2D eigenvalue weighted by Crippen LogP contribution is 2.13. The van der Waals surface area contributed by atoms with Crippen molar-refractivity contribution >= 4 is 0 Å². The van der Waals surface area contributed by atoms with Crippen molar-refractivity contribution in [2.75, 3.05) is 7.11 Å². The maximum Gasteiger partial charge on any atom is 0.0543 e. The minimum absolute atomic E-state index is 0.231. The molecule has 0 aliphatic carbocycles. The van der Waals surface area contributed by atoms with Crippen molar-refractivity contribution in [3.63, 3.8) is 0 Å². The lowest BCUT2D eigenvalue weighted by Crippen LogP contribution is -2.24. The molecular formula is C15H25NO. The van der Waals surface area contributed by atoms with Crippen LogP contribution in [-0.2, 0) is 11.2 Å². The third kappa shape index (κ3) is 4.88. The standard InChI is InChI=1S/C15H25NO/c1-11-5-7-14(9-12(11)2)10-15(16)8-6-13(3)17-4/h5,7,9,13,15H,6,8,10,16H2,1-4H3. The second-order valence-corrected chi connectivity index (χ2v) is 5.01. The first-order chi connectivity index (χ1) is 8.02. The monoisotopic (exact) mass is 235 g/mol. The van der Waals surface area contributed by atoms with Gasteiger partial charge in [0.1, 0.15) is 0 Å². The first-order valence-electron chi connectivity index (χ1n) is 6.37. The lowest BCUT2D eigenvalue weighted by molar-refractivity contribution is 0.107. The van der Waals surface area contributed by atoms with Crippen molar-refractivity contribution in [1.82, 2.24) is 0 Å². The van der Waals surface area contributed by atoms with Crippen molar-refractivity contribution in [3.05, 3.63) is 34.9 Å².